The van der Waals surface area contributed by atoms with E-state index in [1.54, 1.807) is 38.1 Å². The molecule has 162 valence electrons. The Labute approximate surface area is 180 Å². The van der Waals surface area contributed by atoms with Crippen molar-refractivity contribution >= 4 is 16.8 Å². The molecule has 2 atom stereocenters. The number of hydrogen-bond donors (Lipinski definition) is 3. The van der Waals surface area contributed by atoms with Gasteiger partial charge in [0.15, 0.2) is 5.78 Å². The Hall–Kier alpha value is -3.38. The van der Waals surface area contributed by atoms with E-state index in [9.17, 15) is 24.9 Å². The van der Waals surface area contributed by atoms with Crippen molar-refractivity contribution in [3.63, 3.8) is 0 Å². The van der Waals surface area contributed by atoms with E-state index < -0.39 is 34.9 Å². The zero-order chi connectivity index (χ0) is 22.9. The van der Waals surface area contributed by atoms with Gasteiger partial charge in [-0.05, 0) is 18.9 Å². The fourth-order valence-electron chi connectivity index (χ4n) is 3.50. The number of aliphatic hydroxyl groups is 1. The first-order chi connectivity index (χ1) is 14.7. The second-order valence-electron chi connectivity index (χ2n) is 7.84. The van der Waals surface area contributed by atoms with Crippen LogP contribution in [0.3, 0.4) is 0 Å². The molecule has 0 aliphatic rings. The largest absolute Gasteiger partial charge is 0.507 e. The number of fused-ring (bicyclic) bond motifs is 1. The third kappa shape index (κ3) is 4.11. The van der Waals surface area contributed by atoms with E-state index in [1.807, 2.05) is 13.0 Å². The molecule has 0 unspecified atom stereocenters. The van der Waals surface area contributed by atoms with Crippen LogP contribution < -0.4 is 5.63 Å². The molecule has 1 heterocycles. The maximum Gasteiger partial charge on any atom is 0.336 e. The van der Waals surface area contributed by atoms with Crippen molar-refractivity contribution in [3.8, 4) is 22.6 Å². The minimum atomic E-state index is -1.05. The number of aliphatic hydroxyl groups excluding tert-OH is 1. The zero-order valence-electron chi connectivity index (χ0n) is 17.8. The lowest BCUT2D eigenvalue weighted by Crippen LogP contribution is -2.16. The van der Waals surface area contributed by atoms with Gasteiger partial charge in [-0.3, -0.25) is 4.79 Å². The summed E-state index contributed by atoms with van der Waals surface area (Å²) in [5, 5.41) is 32.6. The number of aromatic hydroxyl groups is 2. The molecular weight excluding hydrogens is 396 g/mol. The molecule has 2 aromatic carbocycles. The van der Waals surface area contributed by atoms with Crippen molar-refractivity contribution in [2.75, 3.05) is 0 Å². The van der Waals surface area contributed by atoms with Crippen LogP contribution >= 0.6 is 0 Å². The Morgan fingerprint density at radius 1 is 1.16 bits per heavy atom. The van der Waals surface area contributed by atoms with Gasteiger partial charge in [0.05, 0.1) is 11.5 Å². The van der Waals surface area contributed by atoms with Gasteiger partial charge in [-0.15, -0.1) is 0 Å². The molecule has 0 bridgehead atoms. The van der Waals surface area contributed by atoms with E-state index in [1.165, 1.54) is 6.07 Å². The topological polar surface area (TPSA) is 108 Å². The summed E-state index contributed by atoms with van der Waals surface area (Å²) >= 11 is 0. The average molecular weight is 422 g/mol. The number of rotatable bonds is 7. The monoisotopic (exact) mass is 422 g/mol. The Bertz CT molecular complexity index is 1210. The highest BCUT2D eigenvalue weighted by Gasteiger charge is 2.30. The molecule has 0 spiro atoms. The smallest absolute Gasteiger partial charge is 0.336 e. The van der Waals surface area contributed by atoms with E-state index in [0.29, 0.717) is 23.1 Å². The summed E-state index contributed by atoms with van der Waals surface area (Å²) in [6.45, 7) is 8.88. The minimum absolute atomic E-state index is 0.0673. The van der Waals surface area contributed by atoms with Gasteiger partial charge in [0, 0.05) is 29.5 Å². The maximum absolute atomic E-state index is 13.1. The summed E-state index contributed by atoms with van der Waals surface area (Å²) in [6, 6.07) is 10.1. The van der Waals surface area contributed by atoms with E-state index in [-0.39, 0.29) is 28.5 Å². The molecule has 0 amide bonds. The molecule has 0 saturated carbocycles. The Morgan fingerprint density at radius 2 is 1.81 bits per heavy atom. The molecule has 3 N–H and O–H groups in total. The van der Waals surface area contributed by atoms with Crippen molar-refractivity contribution in [1.29, 1.82) is 0 Å². The van der Waals surface area contributed by atoms with Gasteiger partial charge in [-0.25, -0.2) is 4.79 Å². The summed E-state index contributed by atoms with van der Waals surface area (Å²) < 4.78 is 5.39. The number of phenols is 2. The van der Waals surface area contributed by atoms with Crippen molar-refractivity contribution in [1.82, 2.24) is 0 Å². The normalized spacial score (nSPS) is 13.2. The number of carbonyl (C=O) groups excluding carboxylic acids is 1. The number of phenolic OH excluding ortho intramolecular Hbond substituents is 2. The van der Waals surface area contributed by atoms with Crippen LogP contribution in [0.15, 0.2) is 57.8 Å². The first-order valence-corrected chi connectivity index (χ1v) is 10.1. The SMILES string of the molecule is C=C(C)[C@H](O)Cc1c(O)c(C(=O)[C@H](C)CC)c(O)c2c(-c3ccccc3)cc(=O)oc12. The minimum Gasteiger partial charge on any atom is -0.507 e. The van der Waals surface area contributed by atoms with E-state index >= 15 is 0 Å². The first kappa shape index (κ1) is 22.3. The van der Waals surface area contributed by atoms with Crippen LogP contribution in [0.25, 0.3) is 22.1 Å². The first-order valence-electron chi connectivity index (χ1n) is 10.1. The summed E-state index contributed by atoms with van der Waals surface area (Å²) in [7, 11) is 0. The number of benzene rings is 2. The van der Waals surface area contributed by atoms with Crippen LogP contribution in [0.4, 0.5) is 0 Å². The number of ketones is 1. The van der Waals surface area contributed by atoms with Gasteiger partial charge >= 0.3 is 5.63 Å². The quantitative estimate of drug-likeness (QED) is 0.292. The molecule has 0 aliphatic carbocycles. The van der Waals surface area contributed by atoms with Crippen LogP contribution in [-0.4, -0.2) is 27.2 Å². The van der Waals surface area contributed by atoms with Crippen molar-refractivity contribution in [2.45, 2.75) is 39.7 Å². The van der Waals surface area contributed by atoms with Crippen molar-refractivity contribution < 1.29 is 24.5 Å². The average Bonchev–Trinajstić information content (AvgIpc) is 2.75. The van der Waals surface area contributed by atoms with E-state index in [2.05, 4.69) is 6.58 Å². The Balaban J connectivity index is 2.48. The molecule has 31 heavy (non-hydrogen) atoms. The highest BCUT2D eigenvalue weighted by atomic mass is 16.4. The summed E-state index contributed by atoms with van der Waals surface area (Å²) in [4.78, 5) is 25.4. The fourth-order valence-corrected chi connectivity index (χ4v) is 3.50. The molecule has 6 nitrogen and oxygen atoms in total. The number of hydrogen-bond acceptors (Lipinski definition) is 6. The lowest BCUT2D eigenvalue weighted by molar-refractivity contribution is 0.0921. The predicted octanol–water partition coefficient (Wildman–Crippen LogP) is 4.58. The van der Waals surface area contributed by atoms with Crippen molar-refractivity contribution in [2.24, 2.45) is 5.92 Å². The summed E-state index contributed by atoms with van der Waals surface area (Å²) in [5.74, 6) is -1.84. The lowest BCUT2D eigenvalue weighted by atomic mass is 9.88. The molecule has 0 radical (unpaired) electrons. The van der Waals surface area contributed by atoms with E-state index in [4.69, 9.17) is 4.42 Å². The zero-order valence-corrected chi connectivity index (χ0v) is 17.8. The number of carbonyl (C=O) groups is 1. The van der Waals surface area contributed by atoms with Gasteiger partial charge in [0.25, 0.3) is 0 Å². The molecule has 0 aliphatic heterocycles. The maximum atomic E-state index is 13.1. The van der Waals surface area contributed by atoms with Crippen LogP contribution in [0.1, 0.15) is 43.1 Å². The van der Waals surface area contributed by atoms with E-state index in [0.717, 1.165) is 0 Å². The second-order valence-corrected chi connectivity index (χ2v) is 7.84. The lowest BCUT2D eigenvalue weighted by Gasteiger charge is -2.19. The molecular formula is C25H26O6. The Morgan fingerprint density at radius 3 is 2.39 bits per heavy atom. The molecule has 3 rings (SSSR count). The molecule has 3 aromatic rings. The highest BCUT2D eigenvalue weighted by molar-refractivity contribution is 6.11. The molecule has 0 fully saturated rings. The van der Waals surface area contributed by atoms with Crippen LogP contribution in [0, 0.1) is 5.92 Å². The van der Waals surface area contributed by atoms with Gasteiger partial charge in [-0.1, -0.05) is 56.3 Å². The van der Waals surface area contributed by atoms with Gasteiger partial charge < -0.3 is 19.7 Å². The highest BCUT2D eigenvalue weighted by Crippen LogP contribution is 2.45. The van der Waals surface area contributed by atoms with Crippen molar-refractivity contribution in [3.05, 3.63) is 70.1 Å². The van der Waals surface area contributed by atoms with Gasteiger partial charge in [0.1, 0.15) is 22.6 Å². The van der Waals surface area contributed by atoms with Crippen LogP contribution in [0.2, 0.25) is 0 Å². The van der Waals surface area contributed by atoms with Gasteiger partial charge in [-0.2, -0.15) is 0 Å². The molecule has 1 aromatic heterocycles. The van der Waals surface area contributed by atoms with Crippen LogP contribution in [-0.2, 0) is 6.42 Å². The van der Waals surface area contributed by atoms with Gasteiger partial charge in [0.2, 0.25) is 0 Å². The third-order valence-corrected chi connectivity index (χ3v) is 5.59. The summed E-state index contributed by atoms with van der Waals surface area (Å²) in [5.41, 5.74) is 0.529. The third-order valence-electron chi connectivity index (χ3n) is 5.59. The fraction of sp³-hybridized carbons (Fsp3) is 0.280. The summed E-state index contributed by atoms with van der Waals surface area (Å²) in [6.07, 6.45) is -0.676. The Kier molecular flexibility index (Phi) is 6.32. The molecule has 0 saturated heterocycles. The predicted molar refractivity (Wildman–Crippen MR) is 120 cm³/mol. The number of Topliss-reactive ketones (excluding diaryl/α,β-unsaturated/α-hetero) is 1. The molecule has 6 heteroatoms. The van der Waals surface area contributed by atoms with Crippen LogP contribution in [0.5, 0.6) is 11.5 Å². The standard InChI is InChI=1S/C25H26O6/c1-5-14(4)22(28)21-23(29)17(11-18(26)13(2)3)25-20(24(21)30)16(12-19(27)31-25)15-9-7-6-8-10-15/h6-10,12,14,18,26,29-30H,2,5,11H2,1,3-4H3/t14-,18-/m1/s1. The second kappa shape index (κ2) is 8.78.